The minimum atomic E-state index is -1.91. The van der Waals surface area contributed by atoms with E-state index in [0.717, 1.165) is 77.0 Å². The van der Waals surface area contributed by atoms with Gasteiger partial charge in [0.2, 0.25) is 0 Å². The molecule has 12 nitrogen and oxygen atoms in total. The van der Waals surface area contributed by atoms with Crippen molar-refractivity contribution in [3.05, 3.63) is 72.9 Å². The second-order valence-electron chi connectivity index (χ2n) is 20.3. The lowest BCUT2D eigenvalue weighted by molar-refractivity contribution is -0.301. The van der Waals surface area contributed by atoms with Gasteiger partial charge in [0.25, 0.3) is 0 Å². The molecule has 6 atom stereocenters. The van der Waals surface area contributed by atoms with Crippen molar-refractivity contribution in [2.45, 2.75) is 289 Å². The maximum absolute atomic E-state index is 13.1. The van der Waals surface area contributed by atoms with E-state index < -0.39 is 67.3 Å². The maximum Gasteiger partial charge on any atom is 0.335 e. The van der Waals surface area contributed by atoms with Crippen LogP contribution < -0.4 is 0 Å². The molecule has 430 valence electrons. The molecule has 1 aliphatic rings. The van der Waals surface area contributed by atoms with Crippen molar-refractivity contribution in [2.24, 2.45) is 0 Å². The number of allylic oxidation sites excluding steroid dienone is 12. The van der Waals surface area contributed by atoms with E-state index in [4.69, 9.17) is 23.7 Å². The van der Waals surface area contributed by atoms with E-state index in [1.807, 2.05) is 12.2 Å². The van der Waals surface area contributed by atoms with Gasteiger partial charge in [0.05, 0.1) is 6.61 Å². The highest BCUT2D eigenvalue weighted by molar-refractivity contribution is 5.74. The standard InChI is InChI=1S/C63H106O12/c1-4-7-10-13-16-19-21-23-25-27-28-30-31-33-35-38-40-43-46-49-55(64)71-52-54(73-56(65)50-47-44-42-39-36-34-32-29-26-24-22-20-17-14-11-8-5-2)53-72-63-61(59(68)58(67)60(75-63)62(69)70)74-57(66)51-48-45-41-37-18-15-12-9-6-3/h8,11,17,20,23-26,32,34,39,42,54,58-61,63,67-68H,4-7,9-10,12-16,18-19,21-22,27-31,33,35-38,40-41,43-53H2,1-3H3,(H,69,70)/b11-8-,20-17-,25-23-,26-24-,34-32-,42-39-. The third-order valence-corrected chi connectivity index (χ3v) is 13.3. The Balaban J connectivity index is 2.69. The molecule has 0 bridgehead atoms. The van der Waals surface area contributed by atoms with Crippen LogP contribution in [0.1, 0.15) is 252 Å². The molecule has 0 aromatic rings. The Kier molecular flexibility index (Phi) is 47.0. The second-order valence-corrected chi connectivity index (χ2v) is 20.3. The zero-order valence-corrected chi connectivity index (χ0v) is 47.3. The fraction of sp³-hybridized carbons (Fsp3) is 0.746. The number of rotatable bonds is 50. The number of aliphatic hydroxyl groups excluding tert-OH is 2. The summed E-state index contributed by atoms with van der Waals surface area (Å²) >= 11 is 0. The van der Waals surface area contributed by atoms with Crippen LogP contribution >= 0.6 is 0 Å². The molecule has 0 spiro atoms. The minimum absolute atomic E-state index is 0.0533. The highest BCUT2D eigenvalue weighted by atomic mass is 16.7. The lowest BCUT2D eigenvalue weighted by atomic mass is 9.98. The molecule has 1 rings (SSSR count). The lowest BCUT2D eigenvalue weighted by Gasteiger charge is -2.40. The van der Waals surface area contributed by atoms with Gasteiger partial charge in [0.15, 0.2) is 24.6 Å². The van der Waals surface area contributed by atoms with Crippen LogP contribution in [0.2, 0.25) is 0 Å². The predicted molar refractivity (Wildman–Crippen MR) is 303 cm³/mol. The fourth-order valence-corrected chi connectivity index (χ4v) is 8.69. The van der Waals surface area contributed by atoms with Crippen molar-refractivity contribution >= 4 is 23.9 Å². The fourth-order valence-electron chi connectivity index (χ4n) is 8.69. The van der Waals surface area contributed by atoms with Gasteiger partial charge >= 0.3 is 23.9 Å². The van der Waals surface area contributed by atoms with Crippen LogP contribution in [0.25, 0.3) is 0 Å². The summed E-state index contributed by atoms with van der Waals surface area (Å²) in [6.07, 6.45) is 51.8. The van der Waals surface area contributed by atoms with Crippen molar-refractivity contribution in [3.63, 3.8) is 0 Å². The van der Waals surface area contributed by atoms with Gasteiger partial charge in [-0.05, 0) is 83.5 Å². The Morgan fingerprint density at radius 3 is 1.33 bits per heavy atom. The molecule has 0 radical (unpaired) electrons. The second kappa shape index (κ2) is 50.9. The molecule has 75 heavy (non-hydrogen) atoms. The zero-order valence-electron chi connectivity index (χ0n) is 47.3. The maximum atomic E-state index is 13.1. The number of esters is 3. The smallest absolute Gasteiger partial charge is 0.335 e. The summed E-state index contributed by atoms with van der Waals surface area (Å²) in [6.45, 7) is 5.80. The number of hydrogen-bond acceptors (Lipinski definition) is 11. The highest BCUT2D eigenvalue weighted by Crippen LogP contribution is 2.26. The largest absolute Gasteiger partial charge is 0.479 e. The van der Waals surface area contributed by atoms with Crippen molar-refractivity contribution in [2.75, 3.05) is 13.2 Å². The number of aliphatic carboxylic acids is 1. The first-order valence-corrected chi connectivity index (χ1v) is 29.9. The third kappa shape index (κ3) is 41.0. The summed E-state index contributed by atoms with van der Waals surface area (Å²) < 4.78 is 28.3. The van der Waals surface area contributed by atoms with E-state index in [1.54, 1.807) is 0 Å². The Morgan fingerprint density at radius 2 is 0.853 bits per heavy atom. The SMILES string of the molecule is CC/C=C\C/C=C\C/C=C\C/C=C\C/C=C\CCCC(=O)OC(COC(=O)CCCCCCCCCCC/C=C\CCCCCCCC)COC1OC(C(=O)O)C(O)C(O)C1OC(=O)CCCCCCCCCCC. The average molecular weight is 1060 g/mol. The first-order valence-electron chi connectivity index (χ1n) is 29.9. The Bertz CT molecular complexity index is 1580. The van der Waals surface area contributed by atoms with Crippen LogP contribution in [0.3, 0.4) is 0 Å². The predicted octanol–water partition coefficient (Wildman–Crippen LogP) is 15.3. The Hall–Kier alpha value is -3.84. The van der Waals surface area contributed by atoms with Gasteiger partial charge in [-0.15, -0.1) is 0 Å². The summed E-state index contributed by atoms with van der Waals surface area (Å²) in [6, 6.07) is 0. The number of unbranched alkanes of at least 4 members (excludes halogenated alkanes) is 24. The van der Waals surface area contributed by atoms with E-state index in [2.05, 4.69) is 81.5 Å². The molecule has 0 aliphatic carbocycles. The monoisotopic (exact) mass is 1050 g/mol. The molecule has 0 amide bonds. The van der Waals surface area contributed by atoms with Crippen LogP contribution in [0, 0.1) is 0 Å². The summed E-state index contributed by atoms with van der Waals surface area (Å²) in [7, 11) is 0. The number of ether oxygens (including phenoxy) is 5. The number of carboxylic acids is 1. The van der Waals surface area contributed by atoms with Gasteiger partial charge in [-0.3, -0.25) is 14.4 Å². The summed E-state index contributed by atoms with van der Waals surface area (Å²) in [5.74, 6) is -3.20. The number of aliphatic hydroxyl groups is 2. The van der Waals surface area contributed by atoms with Crippen LogP contribution in [0.5, 0.6) is 0 Å². The summed E-state index contributed by atoms with van der Waals surface area (Å²) in [5, 5.41) is 31.4. The molecule has 3 N–H and O–H groups in total. The average Bonchev–Trinajstić information content (AvgIpc) is 3.39. The summed E-state index contributed by atoms with van der Waals surface area (Å²) in [5.41, 5.74) is 0. The topological polar surface area (TPSA) is 175 Å². The number of carbonyl (C=O) groups is 4. The first kappa shape index (κ1) is 69.2. The van der Waals surface area contributed by atoms with E-state index >= 15 is 0 Å². The zero-order chi connectivity index (χ0) is 54.7. The van der Waals surface area contributed by atoms with Crippen LogP contribution in [-0.4, -0.2) is 89.2 Å². The molecule has 0 aromatic heterocycles. The van der Waals surface area contributed by atoms with Gasteiger partial charge in [0, 0.05) is 19.3 Å². The summed E-state index contributed by atoms with van der Waals surface area (Å²) in [4.78, 5) is 51.0. The third-order valence-electron chi connectivity index (χ3n) is 13.3. The van der Waals surface area contributed by atoms with Crippen molar-refractivity contribution in [1.29, 1.82) is 0 Å². The van der Waals surface area contributed by atoms with Crippen LogP contribution in [0.15, 0.2) is 72.9 Å². The molecule has 1 fully saturated rings. The molecule has 1 saturated heterocycles. The van der Waals surface area contributed by atoms with E-state index in [1.165, 1.54) is 109 Å². The van der Waals surface area contributed by atoms with Crippen LogP contribution in [-0.2, 0) is 42.9 Å². The number of hydrogen-bond donors (Lipinski definition) is 3. The normalized spacial score (nSPS) is 18.7. The molecule has 0 aromatic carbocycles. The Labute approximate surface area is 455 Å². The molecule has 12 heteroatoms. The quantitative estimate of drug-likeness (QED) is 0.0228. The van der Waals surface area contributed by atoms with Gasteiger partial charge in [-0.1, -0.05) is 222 Å². The van der Waals surface area contributed by atoms with E-state index in [9.17, 15) is 34.5 Å². The minimum Gasteiger partial charge on any atom is -0.479 e. The molecule has 6 unspecified atom stereocenters. The van der Waals surface area contributed by atoms with Gasteiger partial charge in [-0.2, -0.15) is 0 Å². The van der Waals surface area contributed by atoms with Crippen LogP contribution in [0.4, 0.5) is 0 Å². The Morgan fingerprint density at radius 1 is 0.453 bits per heavy atom. The van der Waals surface area contributed by atoms with E-state index in [0.29, 0.717) is 25.7 Å². The number of carboxylic acid groups (broad SMARTS) is 1. The van der Waals surface area contributed by atoms with Crippen molar-refractivity contribution in [1.82, 2.24) is 0 Å². The van der Waals surface area contributed by atoms with Crippen molar-refractivity contribution < 1.29 is 58.2 Å². The van der Waals surface area contributed by atoms with Gasteiger partial charge < -0.3 is 39.0 Å². The molecule has 1 heterocycles. The molecular weight excluding hydrogens is 949 g/mol. The first-order chi connectivity index (χ1) is 36.6. The molecular formula is C63H106O12. The van der Waals surface area contributed by atoms with Crippen molar-refractivity contribution in [3.8, 4) is 0 Å². The number of carbonyl (C=O) groups excluding carboxylic acids is 3. The lowest BCUT2D eigenvalue weighted by Crippen LogP contribution is -2.61. The molecule has 0 saturated carbocycles. The van der Waals surface area contributed by atoms with E-state index in [-0.39, 0.29) is 25.9 Å². The van der Waals surface area contributed by atoms with Gasteiger partial charge in [-0.25, -0.2) is 4.79 Å². The molecule has 1 aliphatic heterocycles. The highest BCUT2D eigenvalue weighted by Gasteiger charge is 2.50. The van der Waals surface area contributed by atoms with Gasteiger partial charge in [0.1, 0.15) is 18.8 Å².